The van der Waals surface area contributed by atoms with E-state index in [1.807, 2.05) is 38.1 Å². The van der Waals surface area contributed by atoms with E-state index in [-0.39, 0.29) is 6.10 Å². The molecule has 1 heterocycles. The van der Waals surface area contributed by atoms with E-state index in [0.717, 1.165) is 11.3 Å². The summed E-state index contributed by atoms with van der Waals surface area (Å²) in [6.45, 7) is 3.99. The number of H-pyrrole nitrogens is 1. The summed E-state index contributed by atoms with van der Waals surface area (Å²) in [6, 6.07) is 7.70. The van der Waals surface area contributed by atoms with E-state index in [4.69, 9.17) is 17.0 Å². The zero-order valence-corrected chi connectivity index (χ0v) is 11.0. The lowest BCUT2D eigenvalue weighted by Crippen LogP contribution is -2.05. The number of aromatic nitrogens is 3. The smallest absolute Gasteiger partial charge is 0.216 e. The van der Waals surface area contributed by atoms with Gasteiger partial charge in [0, 0.05) is 0 Å². The molecule has 5 nitrogen and oxygen atoms in total. The van der Waals surface area contributed by atoms with Crippen molar-refractivity contribution in [2.45, 2.75) is 20.0 Å². The van der Waals surface area contributed by atoms with E-state index < -0.39 is 0 Å². The minimum Gasteiger partial charge on any atom is -0.491 e. The van der Waals surface area contributed by atoms with E-state index in [9.17, 15) is 0 Å². The van der Waals surface area contributed by atoms with E-state index in [1.54, 1.807) is 6.21 Å². The van der Waals surface area contributed by atoms with E-state index >= 15 is 0 Å². The molecule has 0 fully saturated rings. The molecule has 0 atom stereocenters. The Kier molecular flexibility index (Phi) is 3.88. The van der Waals surface area contributed by atoms with Gasteiger partial charge in [-0.3, -0.25) is 5.10 Å². The first kappa shape index (κ1) is 12.5. The van der Waals surface area contributed by atoms with Crippen LogP contribution in [0.4, 0.5) is 0 Å². The van der Waals surface area contributed by atoms with Gasteiger partial charge in [-0.15, -0.1) is 0 Å². The van der Waals surface area contributed by atoms with Crippen molar-refractivity contribution in [3.63, 3.8) is 0 Å². The van der Waals surface area contributed by atoms with Gasteiger partial charge in [0.1, 0.15) is 12.1 Å². The molecule has 0 bridgehead atoms. The average molecular weight is 262 g/mol. The molecule has 0 spiro atoms. The summed E-state index contributed by atoms with van der Waals surface area (Å²) in [5.74, 6) is 0.849. The molecular weight excluding hydrogens is 248 g/mol. The van der Waals surface area contributed by atoms with Gasteiger partial charge in [-0.05, 0) is 55.9 Å². The van der Waals surface area contributed by atoms with Crippen LogP contribution in [0.5, 0.6) is 5.75 Å². The molecule has 18 heavy (non-hydrogen) atoms. The average Bonchev–Trinajstić information content (AvgIpc) is 2.73. The number of nitrogens with one attached hydrogen (secondary N) is 1. The Hall–Kier alpha value is -1.95. The van der Waals surface area contributed by atoms with Crippen LogP contribution in [0.2, 0.25) is 0 Å². The van der Waals surface area contributed by atoms with Crippen molar-refractivity contribution in [3.8, 4) is 5.75 Å². The highest BCUT2D eigenvalue weighted by molar-refractivity contribution is 7.71. The zero-order chi connectivity index (χ0) is 13.0. The molecule has 1 aromatic carbocycles. The second-order valence-electron chi connectivity index (χ2n) is 3.99. The fourth-order valence-electron chi connectivity index (χ4n) is 1.36. The molecule has 2 rings (SSSR count). The molecule has 0 aliphatic rings. The Morgan fingerprint density at radius 1 is 1.39 bits per heavy atom. The van der Waals surface area contributed by atoms with E-state index in [2.05, 4.69) is 15.3 Å². The summed E-state index contributed by atoms with van der Waals surface area (Å²) in [6.07, 6.45) is 3.41. The van der Waals surface area contributed by atoms with Crippen LogP contribution in [0.3, 0.4) is 0 Å². The minimum absolute atomic E-state index is 0.175. The third-order valence-electron chi connectivity index (χ3n) is 2.12. The van der Waals surface area contributed by atoms with Gasteiger partial charge in [-0.2, -0.15) is 14.9 Å². The molecule has 0 amide bonds. The highest BCUT2D eigenvalue weighted by Crippen LogP contribution is 2.12. The van der Waals surface area contributed by atoms with Crippen LogP contribution in [0.1, 0.15) is 19.4 Å². The number of rotatable bonds is 4. The molecule has 1 aromatic heterocycles. The molecule has 0 aliphatic heterocycles. The summed E-state index contributed by atoms with van der Waals surface area (Å²) in [5.41, 5.74) is 0.967. The molecule has 0 unspecified atom stereocenters. The van der Waals surface area contributed by atoms with Crippen LogP contribution in [0.15, 0.2) is 35.7 Å². The first-order valence-electron chi connectivity index (χ1n) is 5.58. The summed E-state index contributed by atoms with van der Waals surface area (Å²) < 4.78 is 7.52. The monoisotopic (exact) mass is 262 g/mol. The highest BCUT2D eigenvalue weighted by atomic mass is 32.1. The first-order chi connectivity index (χ1) is 8.65. The lowest BCUT2D eigenvalue weighted by molar-refractivity contribution is 0.242. The van der Waals surface area contributed by atoms with Crippen LogP contribution in [-0.2, 0) is 0 Å². The molecule has 0 saturated carbocycles. The van der Waals surface area contributed by atoms with Gasteiger partial charge in [0.15, 0.2) is 0 Å². The Morgan fingerprint density at radius 3 is 2.67 bits per heavy atom. The fraction of sp³-hybridized carbons (Fsp3) is 0.250. The summed E-state index contributed by atoms with van der Waals surface area (Å²) >= 11 is 4.98. The number of benzene rings is 1. The van der Waals surface area contributed by atoms with Gasteiger partial charge in [0.05, 0.1) is 12.3 Å². The Morgan fingerprint density at radius 2 is 2.11 bits per heavy atom. The molecule has 6 heteroatoms. The van der Waals surface area contributed by atoms with E-state index in [1.165, 1.54) is 11.0 Å². The summed E-state index contributed by atoms with van der Waals surface area (Å²) in [4.78, 5) is 0. The van der Waals surface area contributed by atoms with Crippen molar-refractivity contribution in [1.29, 1.82) is 0 Å². The number of nitrogens with zero attached hydrogens (tertiary/aromatic N) is 3. The lowest BCUT2D eigenvalue weighted by atomic mass is 10.2. The Labute approximate surface area is 110 Å². The number of ether oxygens (including phenoxy) is 1. The molecule has 0 saturated heterocycles. The van der Waals surface area contributed by atoms with Crippen LogP contribution in [0, 0.1) is 4.77 Å². The molecule has 1 N–H and O–H groups in total. The summed E-state index contributed by atoms with van der Waals surface area (Å²) in [5, 5.41) is 10.6. The predicted octanol–water partition coefficient (Wildman–Crippen LogP) is 2.61. The van der Waals surface area contributed by atoms with Gasteiger partial charge >= 0.3 is 0 Å². The van der Waals surface area contributed by atoms with Gasteiger partial charge in [-0.25, -0.2) is 0 Å². The van der Waals surface area contributed by atoms with Crippen LogP contribution in [0.25, 0.3) is 0 Å². The molecule has 94 valence electrons. The minimum atomic E-state index is 0.175. The van der Waals surface area contributed by atoms with Crippen molar-refractivity contribution in [2.24, 2.45) is 5.10 Å². The lowest BCUT2D eigenvalue weighted by Gasteiger charge is -2.08. The van der Waals surface area contributed by atoms with Crippen molar-refractivity contribution in [2.75, 3.05) is 0 Å². The van der Waals surface area contributed by atoms with Crippen molar-refractivity contribution in [3.05, 3.63) is 40.9 Å². The quantitative estimate of drug-likeness (QED) is 0.680. The third kappa shape index (κ3) is 3.27. The standard InChI is InChI=1S/C12H14N4OS/c1-9(2)17-11-5-3-10(4-6-11)7-14-16-8-13-15-12(16)18/h3-9H,1-2H3,(H,15,18)/b14-7+. The van der Waals surface area contributed by atoms with Gasteiger partial charge < -0.3 is 4.74 Å². The van der Waals surface area contributed by atoms with Crippen molar-refractivity contribution < 1.29 is 4.74 Å². The van der Waals surface area contributed by atoms with Gasteiger partial charge in [0.2, 0.25) is 4.77 Å². The van der Waals surface area contributed by atoms with Crippen LogP contribution < -0.4 is 4.74 Å². The molecular formula is C12H14N4OS. The van der Waals surface area contributed by atoms with Crippen LogP contribution >= 0.6 is 12.2 Å². The Balaban J connectivity index is 2.09. The molecule has 2 aromatic rings. The largest absolute Gasteiger partial charge is 0.491 e. The Bertz CT molecular complexity index is 583. The maximum atomic E-state index is 5.56. The predicted molar refractivity (Wildman–Crippen MR) is 72.6 cm³/mol. The molecule has 0 radical (unpaired) electrons. The van der Waals surface area contributed by atoms with Crippen molar-refractivity contribution >= 4 is 18.4 Å². The maximum absolute atomic E-state index is 5.56. The second kappa shape index (κ2) is 5.59. The zero-order valence-electron chi connectivity index (χ0n) is 10.2. The number of hydrogen-bond acceptors (Lipinski definition) is 4. The third-order valence-corrected chi connectivity index (χ3v) is 2.40. The van der Waals surface area contributed by atoms with Crippen LogP contribution in [-0.4, -0.2) is 27.2 Å². The van der Waals surface area contributed by atoms with Gasteiger partial charge in [-0.1, -0.05) is 0 Å². The van der Waals surface area contributed by atoms with E-state index in [0.29, 0.717) is 4.77 Å². The highest BCUT2D eigenvalue weighted by Gasteiger charge is 1.96. The molecule has 0 aliphatic carbocycles. The SMILES string of the molecule is CC(C)Oc1ccc(/C=N/n2cn[nH]c2=S)cc1. The first-order valence-corrected chi connectivity index (χ1v) is 5.99. The van der Waals surface area contributed by atoms with Gasteiger partial charge in [0.25, 0.3) is 0 Å². The topological polar surface area (TPSA) is 55.2 Å². The fourth-order valence-corrected chi connectivity index (χ4v) is 1.51. The normalized spacial score (nSPS) is 11.3. The summed E-state index contributed by atoms with van der Waals surface area (Å²) in [7, 11) is 0. The van der Waals surface area contributed by atoms with Crippen molar-refractivity contribution in [1.82, 2.24) is 14.9 Å². The number of hydrogen-bond donors (Lipinski definition) is 1. The number of aromatic amines is 1. The maximum Gasteiger partial charge on any atom is 0.216 e. The second-order valence-corrected chi connectivity index (χ2v) is 4.37.